The Labute approximate surface area is 230 Å². The number of nitrogens with one attached hydrogen (secondary N) is 3. The normalized spacial score (nSPS) is 14.8. The van der Waals surface area contributed by atoms with Gasteiger partial charge in [0, 0.05) is 48.8 Å². The van der Waals surface area contributed by atoms with Crippen molar-refractivity contribution in [3.63, 3.8) is 0 Å². The second-order valence-electron chi connectivity index (χ2n) is 10.4. The number of guanidine groups is 1. The maximum atomic E-state index is 13.1. The van der Waals surface area contributed by atoms with Crippen LogP contribution in [0.2, 0.25) is 0 Å². The van der Waals surface area contributed by atoms with E-state index >= 15 is 0 Å². The molecule has 1 fully saturated rings. The minimum absolute atomic E-state index is 0.0882. The minimum atomic E-state index is -3.79. The van der Waals surface area contributed by atoms with E-state index in [0.717, 1.165) is 48.8 Å². The van der Waals surface area contributed by atoms with Gasteiger partial charge < -0.3 is 26.0 Å². The first kappa shape index (κ1) is 28.3. The summed E-state index contributed by atoms with van der Waals surface area (Å²) in [6.45, 7) is 10.6. The van der Waals surface area contributed by atoms with Crippen molar-refractivity contribution in [2.75, 3.05) is 48.9 Å². The predicted octanol–water partition coefficient (Wildman–Crippen LogP) is 4.07. The number of sulfonamides is 1. The van der Waals surface area contributed by atoms with Crippen molar-refractivity contribution >= 4 is 38.9 Å². The second-order valence-corrected chi connectivity index (χ2v) is 12.1. The van der Waals surface area contributed by atoms with E-state index in [4.69, 9.17) is 10.5 Å². The lowest BCUT2D eigenvalue weighted by atomic mass is 10.0. The fraction of sp³-hybridized carbons (Fsp3) is 0.357. The Balaban J connectivity index is 1.52. The summed E-state index contributed by atoms with van der Waals surface area (Å²) in [6.07, 6.45) is 1.65. The zero-order chi connectivity index (χ0) is 28.2. The van der Waals surface area contributed by atoms with Gasteiger partial charge in [-0.1, -0.05) is 6.07 Å². The lowest BCUT2D eigenvalue weighted by Gasteiger charge is -2.28. The molecule has 4 rings (SSSR count). The number of hydrogen-bond acceptors (Lipinski definition) is 7. The number of aromatic nitrogens is 1. The molecule has 0 atom stereocenters. The van der Waals surface area contributed by atoms with Crippen LogP contribution in [-0.4, -0.2) is 58.3 Å². The Morgan fingerprint density at radius 1 is 1.05 bits per heavy atom. The van der Waals surface area contributed by atoms with Gasteiger partial charge in [-0.25, -0.2) is 23.1 Å². The SMILES string of the molecule is CNc1ncc(-c2ccc(N=C(N)Nc3ccc(N4CCOCC4)cc3)c(C)c2)cc1S(=O)(=O)NC(C)(C)C. The Bertz CT molecular complexity index is 1440. The van der Waals surface area contributed by atoms with Crippen LogP contribution in [0.25, 0.3) is 11.1 Å². The molecule has 1 aliphatic rings. The molecule has 0 spiro atoms. The number of morpholine rings is 1. The quantitative estimate of drug-likeness (QED) is 0.255. The van der Waals surface area contributed by atoms with Crippen LogP contribution in [0.15, 0.2) is 64.6 Å². The monoisotopic (exact) mass is 551 g/mol. The van der Waals surface area contributed by atoms with Crippen LogP contribution in [0.4, 0.5) is 22.9 Å². The molecule has 2 aromatic carbocycles. The molecule has 1 aliphatic heterocycles. The number of pyridine rings is 1. The van der Waals surface area contributed by atoms with E-state index in [1.54, 1.807) is 40.1 Å². The van der Waals surface area contributed by atoms with E-state index in [-0.39, 0.29) is 16.7 Å². The summed E-state index contributed by atoms with van der Waals surface area (Å²) in [4.78, 5) is 11.3. The molecule has 208 valence electrons. The van der Waals surface area contributed by atoms with E-state index in [0.29, 0.717) is 11.3 Å². The molecule has 0 unspecified atom stereocenters. The lowest BCUT2D eigenvalue weighted by Crippen LogP contribution is -2.40. The number of benzene rings is 2. The maximum Gasteiger partial charge on any atom is 0.244 e. The highest BCUT2D eigenvalue weighted by Gasteiger charge is 2.26. The van der Waals surface area contributed by atoms with Gasteiger partial charge in [0.05, 0.1) is 18.9 Å². The van der Waals surface area contributed by atoms with E-state index in [1.165, 1.54) is 0 Å². The first-order chi connectivity index (χ1) is 18.4. The second kappa shape index (κ2) is 11.6. The molecule has 0 aliphatic carbocycles. The van der Waals surface area contributed by atoms with Crippen LogP contribution < -0.4 is 26.0 Å². The number of nitrogens with zero attached hydrogens (tertiary/aromatic N) is 3. The molecule has 39 heavy (non-hydrogen) atoms. The third kappa shape index (κ3) is 7.25. The van der Waals surface area contributed by atoms with Gasteiger partial charge in [-0.15, -0.1) is 0 Å². The summed E-state index contributed by atoms with van der Waals surface area (Å²) in [7, 11) is -2.15. The van der Waals surface area contributed by atoms with Crippen LogP contribution in [0.5, 0.6) is 0 Å². The van der Waals surface area contributed by atoms with E-state index in [1.807, 2.05) is 37.3 Å². The Hall–Kier alpha value is -3.67. The van der Waals surface area contributed by atoms with Gasteiger partial charge in [0.1, 0.15) is 10.7 Å². The van der Waals surface area contributed by atoms with Crippen LogP contribution in [0.3, 0.4) is 0 Å². The van der Waals surface area contributed by atoms with Gasteiger partial charge >= 0.3 is 0 Å². The van der Waals surface area contributed by atoms with E-state index in [2.05, 4.69) is 42.4 Å². The van der Waals surface area contributed by atoms with Gasteiger partial charge in [0.25, 0.3) is 0 Å². The van der Waals surface area contributed by atoms with E-state index in [9.17, 15) is 8.42 Å². The Kier molecular flexibility index (Phi) is 8.43. The standard InChI is InChI=1S/C28H37N7O3S/c1-19-16-20(21-17-25(26(30-5)31-18-21)39(36,37)34-28(2,3)4)6-11-24(19)33-27(29)32-22-7-9-23(10-8-22)35-12-14-38-15-13-35/h6-11,16-18,34H,12-15H2,1-5H3,(H,30,31)(H3,29,32,33). The fourth-order valence-electron chi connectivity index (χ4n) is 4.30. The van der Waals surface area contributed by atoms with Crippen molar-refractivity contribution in [2.24, 2.45) is 10.7 Å². The van der Waals surface area contributed by atoms with E-state index < -0.39 is 15.6 Å². The summed E-state index contributed by atoms with van der Waals surface area (Å²) in [5.41, 5.74) is 10.6. The van der Waals surface area contributed by atoms with Crippen LogP contribution in [-0.2, 0) is 14.8 Å². The number of hydrogen-bond donors (Lipinski definition) is 4. The van der Waals surface area contributed by atoms with Gasteiger partial charge in [-0.05, 0) is 81.3 Å². The highest BCUT2D eigenvalue weighted by atomic mass is 32.2. The largest absolute Gasteiger partial charge is 0.378 e. The first-order valence-corrected chi connectivity index (χ1v) is 14.3. The number of ether oxygens (including phenoxy) is 1. The average Bonchev–Trinajstić information content (AvgIpc) is 2.89. The maximum absolute atomic E-state index is 13.1. The third-order valence-electron chi connectivity index (χ3n) is 6.11. The molecule has 0 radical (unpaired) electrons. The van der Waals surface area contributed by atoms with Crippen molar-refractivity contribution in [1.82, 2.24) is 9.71 Å². The van der Waals surface area contributed by atoms with Crippen molar-refractivity contribution in [1.29, 1.82) is 0 Å². The summed E-state index contributed by atoms with van der Waals surface area (Å²) < 4.78 is 34.2. The average molecular weight is 552 g/mol. The first-order valence-electron chi connectivity index (χ1n) is 12.8. The summed E-state index contributed by atoms with van der Waals surface area (Å²) in [5, 5.41) is 6.01. The Morgan fingerprint density at radius 3 is 2.36 bits per heavy atom. The van der Waals surface area contributed by atoms with Crippen molar-refractivity contribution < 1.29 is 13.2 Å². The molecule has 3 aromatic rings. The minimum Gasteiger partial charge on any atom is -0.378 e. The molecule has 1 saturated heterocycles. The van der Waals surface area contributed by atoms with Crippen molar-refractivity contribution in [2.45, 2.75) is 38.1 Å². The van der Waals surface area contributed by atoms with Gasteiger partial charge in [-0.2, -0.15) is 0 Å². The molecular weight excluding hydrogens is 514 g/mol. The Morgan fingerprint density at radius 2 is 1.74 bits per heavy atom. The van der Waals surface area contributed by atoms with Crippen LogP contribution >= 0.6 is 0 Å². The summed E-state index contributed by atoms with van der Waals surface area (Å²) >= 11 is 0. The molecule has 0 bridgehead atoms. The summed E-state index contributed by atoms with van der Waals surface area (Å²) in [5.74, 6) is 0.553. The molecule has 2 heterocycles. The van der Waals surface area contributed by atoms with Crippen LogP contribution in [0, 0.1) is 6.92 Å². The predicted molar refractivity (Wildman–Crippen MR) is 158 cm³/mol. The zero-order valence-corrected chi connectivity index (χ0v) is 23.9. The highest BCUT2D eigenvalue weighted by Crippen LogP contribution is 2.30. The van der Waals surface area contributed by atoms with Gasteiger partial charge in [-0.3, -0.25) is 0 Å². The van der Waals surface area contributed by atoms with Crippen LogP contribution in [0.1, 0.15) is 26.3 Å². The number of anilines is 3. The number of nitrogens with two attached hydrogens (primary N) is 1. The smallest absolute Gasteiger partial charge is 0.244 e. The summed E-state index contributed by atoms with van der Waals surface area (Å²) in [6, 6.07) is 15.4. The molecule has 1 aromatic heterocycles. The molecule has 11 heteroatoms. The third-order valence-corrected chi connectivity index (χ3v) is 7.88. The number of aryl methyl sites for hydroxylation is 1. The number of rotatable bonds is 7. The molecule has 0 saturated carbocycles. The topological polar surface area (TPSA) is 134 Å². The van der Waals surface area contributed by atoms with Crippen molar-refractivity contribution in [3.8, 4) is 11.1 Å². The lowest BCUT2D eigenvalue weighted by molar-refractivity contribution is 0.122. The van der Waals surface area contributed by atoms with Gasteiger partial charge in [0.15, 0.2) is 5.96 Å². The fourth-order valence-corrected chi connectivity index (χ4v) is 5.90. The number of aliphatic imine (C=N–C) groups is 1. The molecule has 0 amide bonds. The van der Waals surface area contributed by atoms with Gasteiger partial charge in [0.2, 0.25) is 10.0 Å². The highest BCUT2D eigenvalue weighted by molar-refractivity contribution is 7.89. The molecule has 10 nitrogen and oxygen atoms in total. The zero-order valence-electron chi connectivity index (χ0n) is 23.1. The molecule has 5 N–H and O–H groups in total. The molecular formula is C28H37N7O3S. The van der Waals surface area contributed by atoms with Crippen molar-refractivity contribution in [3.05, 3.63) is 60.3 Å².